The van der Waals surface area contributed by atoms with Gasteiger partial charge < -0.3 is 10.6 Å². The average molecular weight is 323 g/mol. The van der Waals surface area contributed by atoms with Gasteiger partial charge in [0, 0.05) is 26.2 Å². The lowest BCUT2D eigenvalue weighted by Crippen LogP contribution is -2.35. The first-order valence-corrected chi connectivity index (χ1v) is 7.54. The Balaban J connectivity index is 1.88. The molecule has 0 aromatic heterocycles. The number of thioether (sulfide) groups is 1. The predicted octanol–water partition coefficient (Wildman–Crippen LogP) is 4.32. The number of amides is 1. The molecule has 0 aliphatic carbocycles. The zero-order valence-electron chi connectivity index (χ0n) is 10.0. The third kappa shape index (κ3) is 1.59. The maximum Gasteiger partial charge on any atom is 0.265 e. The van der Waals surface area contributed by atoms with Crippen molar-refractivity contribution in [3.63, 3.8) is 0 Å². The van der Waals surface area contributed by atoms with Crippen molar-refractivity contribution in [2.24, 2.45) is 0 Å². The van der Waals surface area contributed by atoms with Gasteiger partial charge in [-0.1, -0.05) is 35.0 Å². The lowest BCUT2D eigenvalue weighted by molar-refractivity contribution is -0.117. The standard InChI is InChI=1S/C14H8Cl2N2OS/c15-7-1-3-10-9(5-7)14(13(19)17-10)18-11-6-8(16)2-4-12(11)20-14/h1-6,18H,(H,17,19). The summed E-state index contributed by atoms with van der Waals surface area (Å²) in [5.41, 5.74) is 2.51. The normalized spacial score (nSPS) is 22.4. The van der Waals surface area contributed by atoms with E-state index in [4.69, 9.17) is 23.2 Å². The molecule has 0 radical (unpaired) electrons. The lowest BCUT2D eigenvalue weighted by atomic mass is 10.1. The molecule has 1 spiro atoms. The van der Waals surface area contributed by atoms with Crippen LogP contribution in [-0.2, 0) is 9.67 Å². The van der Waals surface area contributed by atoms with Crippen LogP contribution in [0.25, 0.3) is 0 Å². The molecular weight excluding hydrogens is 315 g/mol. The van der Waals surface area contributed by atoms with Crippen LogP contribution in [-0.4, -0.2) is 5.91 Å². The van der Waals surface area contributed by atoms with E-state index in [9.17, 15) is 4.79 Å². The molecule has 1 unspecified atom stereocenters. The van der Waals surface area contributed by atoms with E-state index < -0.39 is 4.87 Å². The number of rotatable bonds is 0. The van der Waals surface area contributed by atoms with Crippen LogP contribution >= 0.6 is 35.0 Å². The second-order valence-electron chi connectivity index (χ2n) is 4.69. The maximum atomic E-state index is 12.4. The van der Waals surface area contributed by atoms with Gasteiger partial charge in [0.25, 0.3) is 5.91 Å². The summed E-state index contributed by atoms with van der Waals surface area (Å²) in [4.78, 5) is 12.6. The van der Waals surface area contributed by atoms with Crippen LogP contribution < -0.4 is 10.6 Å². The fraction of sp³-hybridized carbons (Fsp3) is 0.0714. The quantitative estimate of drug-likeness (QED) is 0.759. The van der Waals surface area contributed by atoms with Crippen LogP contribution in [0, 0.1) is 0 Å². The minimum atomic E-state index is -0.854. The molecule has 2 aliphatic heterocycles. The van der Waals surface area contributed by atoms with E-state index >= 15 is 0 Å². The van der Waals surface area contributed by atoms with Gasteiger partial charge in [0.05, 0.1) is 5.69 Å². The van der Waals surface area contributed by atoms with Gasteiger partial charge in [0.1, 0.15) is 0 Å². The Morgan fingerprint density at radius 3 is 2.60 bits per heavy atom. The molecule has 2 aliphatic rings. The van der Waals surface area contributed by atoms with Gasteiger partial charge in [-0.15, -0.1) is 0 Å². The van der Waals surface area contributed by atoms with Crippen molar-refractivity contribution in [3.8, 4) is 0 Å². The Kier molecular flexibility index (Phi) is 2.52. The Bertz CT molecular complexity index is 765. The molecule has 0 fully saturated rings. The van der Waals surface area contributed by atoms with Crippen molar-refractivity contribution in [1.82, 2.24) is 0 Å². The number of carbonyl (C=O) groups excluding carboxylic acids is 1. The Morgan fingerprint density at radius 1 is 1.00 bits per heavy atom. The fourth-order valence-corrected chi connectivity index (χ4v) is 4.16. The molecule has 20 heavy (non-hydrogen) atoms. The van der Waals surface area contributed by atoms with E-state index in [1.807, 2.05) is 30.3 Å². The molecule has 2 heterocycles. The molecule has 0 saturated carbocycles. The maximum absolute atomic E-state index is 12.4. The Morgan fingerprint density at radius 2 is 1.75 bits per heavy atom. The van der Waals surface area contributed by atoms with Crippen molar-refractivity contribution in [2.75, 3.05) is 10.6 Å². The monoisotopic (exact) mass is 322 g/mol. The van der Waals surface area contributed by atoms with Crippen molar-refractivity contribution in [2.45, 2.75) is 9.77 Å². The molecule has 2 N–H and O–H groups in total. The molecule has 2 aromatic carbocycles. The van der Waals surface area contributed by atoms with Gasteiger partial charge in [-0.2, -0.15) is 0 Å². The number of fused-ring (bicyclic) bond motifs is 3. The van der Waals surface area contributed by atoms with Crippen LogP contribution in [0.2, 0.25) is 10.0 Å². The topological polar surface area (TPSA) is 41.1 Å². The molecule has 3 nitrogen and oxygen atoms in total. The number of anilines is 2. The summed E-state index contributed by atoms with van der Waals surface area (Å²) in [7, 11) is 0. The van der Waals surface area contributed by atoms with E-state index in [0.29, 0.717) is 10.0 Å². The van der Waals surface area contributed by atoms with Crippen LogP contribution in [0.1, 0.15) is 5.56 Å². The van der Waals surface area contributed by atoms with Gasteiger partial charge >= 0.3 is 0 Å². The Hall–Kier alpha value is -1.36. The lowest BCUT2D eigenvalue weighted by Gasteiger charge is -2.21. The zero-order valence-corrected chi connectivity index (χ0v) is 12.4. The molecule has 0 bridgehead atoms. The van der Waals surface area contributed by atoms with Crippen molar-refractivity contribution in [3.05, 3.63) is 52.0 Å². The van der Waals surface area contributed by atoms with Gasteiger partial charge in [-0.05, 0) is 36.4 Å². The van der Waals surface area contributed by atoms with Crippen molar-refractivity contribution in [1.29, 1.82) is 0 Å². The number of nitrogens with one attached hydrogen (secondary N) is 2. The SMILES string of the molecule is O=C1Nc2ccc(Cl)cc2C12Nc1cc(Cl)ccc1S2. The molecule has 1 amide bonds. The number of hydrogen-bond acceptors (Lipinski definition) is 3. The number of hydrogen-bond donors (Lipinski definition) is 2. The van der Waals surface area contributed by atoms with E-state index in [1.54, 1.807) is 6.07 Å². The van der Waals surface area contributed by atoms with Crippen molar-refractivity contribution < 1.29 is 4.79 Å². The Labute approximate surface area is 129 Å². The largest absolute Gasteiger partial charge is 0.358 e. The molecular formula is C14H8Cl2N2OS. The summed E-state index contributed by atoms with van der Waals surface area (Å²) in [6.07, 6.45) is 0. The summed E-state index contributed by atoms with van der Waals surface area (Å²) in [5.74, 6) is -0.0907. The first-order chi connectivity index (χ1) is 9.58. The van der Waals surface area contributed by atoms with Gasteiger partial charge in [-0.3, -0.25) is 4.79 Å². The highest BCUT2D eigenvalue weighted by molar-refractivity contribution is 8.01. The highest BCUT2D eigenvalue weighted by atomic mass is 35.5. The second kappa shape index (κ2) is 4.07. The third-order valence-corrected chi connectivity index (χ3v) is 5.30. The summed E-state index contributed by atoms with van der Waals surface area (Å²) in [5, 5.41) is 7.43. The smallest absolute Gasteiger partial charge is 0.265 e. The van der Waals surface area contributed by atoms with Gasteiger partial charge in [0.15, 0.2) is 4.87 Å². The zero-order chi connectivity index (χ0) is 13.9. The third-order valence-electron chi connectivity index (χ3n) is 3.44. The number of halogens is 2. The first-order valence-electron chi connectivity index (χ1n) is 5.97. The van der Waals surface area contributed by atoms with Gasteiger partial charge in [-0.25, -0.2) is 0 Å². The van der Waals surface area contributed by atoms with E-state index in [2.05, 4.69) is 10.6 Å². The van der Waals surface area contributed by atoms with Crippen LogP contribution in [0.4, 0.5) is 11.4 Å². The summed E-state index contributed by atoms with van der Waals surface area (Å²) >= 11 is 13.6. The molecule has 4 rings (SSSR count). The fourth-order valence-electron chi connectivity index (χ4n) is 2.54. The summed E-state index contributed by atoms with van der Waals surface area (Å²) < 4.78 is 0. The van der Waals surface area contributed by atoms with Crippen LogP contribution in [0.3, 0.4) is 0 Å². The molecule has 6 heteroatoms. The second-order valence-corrected chi connectivity index (χ2v) is 6.82. The highest BCUT2D eigenvalue weighted by Gasteiger charge is 2.51. The highest BCUT2D eigenvalue weighted by Crippen LogP contribution is 2.56. The molecule has 1 atom stereocenters. The van der Waals surface area contributed by atoms with E-state index in [0.717, 1.165) is 21.8 Å². The first kappa shape index (κ1) is 12.4. The number of carbonyl (C=O) groups is 1. The van der Waals surface area contributed by atoms with E-state index in [1.165, 1.54) is 11.8 Å². The molecule has 100 valence electrons. The summed E-state index contributed by atoms with van der Waals surface area (Å²) in [6.45, 7) is 0. The van der Waals surface area contributed by atoms with E-state index in [-0.39, 0.29) is 5.91 Å². The van der Waals surface area contributed by atoms with Crippen molar-refractivity contribution >= 4 is 52.2 Å². The van der Waals surface area contributed by atoms with Crippen LogP contribution in [0.5, 0.6) is 0 Å². The molecule has 0 saturated heterocycles. The number of benzene rings is 2. The minimum Gasteiger partial charge on any atom is -0.358 e. The van der Waals surface area contributed by atoms with Crippen LogP contribution in [0.15, 0.2) is 41.3 Å². The predicted molar refractivity (Wildman–Crippen MR) is 82.7 cm³/mol. The molecule has 2 aromatic rings. The summed E-state index contributed by atoms with van der Waals surface area (Å²) in [6, 6.07) is 11.0. The van der Waals surface area contributed by atoms with Gasteiger partial charge in [0.2, 0.25) is 0 Å². The minimum absolute atomic E-state index is 0.0907. The average Bonchev–Trinajstić information content (AvgIpc) is 2.91.